The van der Waals surface area contributed by atoms with Crippen LogP contribution >= 0.6 is 0 Å². The second-order valence-electron chi connectivity index (χ2n) is 8.92. The predicted molar refractivity (Wildman–Crippen MR) is 134 cm³/mol. The molecule has 2 aliphatic rings. The van der Waals surface area contributed by atoms with Crippen molar-refractivity contribution in [1.29, 1.82) is 5.26 Å². The van der Waals surface area contributed by atoms with Crippen LogP contribution in [0.5, 0.6) is 17.2 Å². The Morgan fingerprint density at radius 2 is 1.97 bits per heavy atom. The van der Waals surface area contributed by atoms with Gasteiger partial charge in [0.15, 0.2) is 17.1 Å². The minimum absolute atomic E-state index is 0. The number of carbonyl (C=O) groups excluding carboxylic acids is 1. The minimum atomic E-state index is -1.00. The average Bonchev–Trinajstić information content (AvgIpc) is 3.37. The number of ether oxygens (including phenoxy) is 3. The molecular weight excluding hydrogens is 462 g/mol. The van der Waals surface area contributed by atoms with Crippen molar-refractivity contribution in [2.75, 3.05) is 33.4 Å². The summed E-state index contributed by atoms with van der Waals surface area (Å²) in [5, 5.41) is 28.2. The number of hydrogen-bond donors (Lipinski definition) is 2. The summed E-state index contributed by atoms with van der Waals surface area (Å²) < 4.78 is 19.4. The maximum Gasteiger partial charge on any atom is 0.253 e. The van der Waals surface area contributed by atoms with E-state index in [0.29, 0.717) is 48.7 Å². The van der Waals surface area contributed by atoms with E-state index in [1.807, 2.05) is 41.0 Å². The van der Waals surface area contributed by atoms with E-state index in [0.717, 1.165) is 17.1 Å². The molecule has 0 aliphatic carbocycles. The van der Waals surface area contributed by atoms with Crippen LogP contribution in [0.4, 0.5) is 0 Å². The van der Waals surface area contributed by atoms with Crippen molar-refractivity contribution < 1.29 is 32.1 Å². The van der Waals surface area contributed by atoms with Crippen LogP contribution < -0.4 is 14.2 Å². The van der Waals surface area contributed by atoms with Gasteiger partial charge in [0.05, 0.1) is 25.1 Å². The Bertz CT molecular complexity index is 1330. The highest BCUT2D eigenvalue weighted by Gasteiger charge is 2.45. The summed E-state index contributed by atoms with van der Waals surface area (Å²) in [5.41, 5.74) is 2.17. The number of benzene rings is 2. The van der Waals surface area contributed by atoms with Gasteiger partial charge in [0.1, 0.15) is 30.2 Å². The fourth-order valence-electron chi connectivity index (χ4n) is 4.90. The first-order chi connectivity index (χ1) is 17.5. The Morgan fingerprint density at radius 1 is 1.19 bits per heavy atom. The molecule has 1 fully saturated rings. The molecule has 0 bridgehead atoms. The van der Waals surface area contributed by atoms with Crippen LogP contribution in [0, 0.1) is 11.3 Å². The number of rotatable bonds is 6. The van der Waals surface area contributed by atoms with Gasteiger partial charge in [-0.25, -0.2) is 0 Å². The topological polar surface area (TPSA) is 117 Å². The third-order valence-corrected chi connectivity index (χ3v) is 6.78. The number of likely N-dealkylation sites (tertiary alicyclic amines) is 1. The summed E-state index contributed by atoms with van der Waals surface area (Å²) in [6.07, 6.45) is 0.162. The first kappa shape index (κ1) is 23.7. The second-order valence-corrected chi connectivity index (χ2v) is 8.92. The number of carbonyl (C=O) groups is 1. The molecule has 9 heteroatoms. The van der Waals surface area contributed by atoms with E-state index in [2.05, 4.69) is 6.07 Å². The third-order valence-electron chi connectivity index (χ3n) is 6.78. The molecule has 1 amide bonds. The number of amides is 1. The van der Waals surface area contributed by atoms with Crippen LogP contribution in [0.15, 0.2) is 54.6 Å². The smallest absolute Gasteiger partial charge is 0.253 e. The highest BCUT2D eigenvalue weighted by molar-refractivity contribution is 5.95. The number of piperidine rings is 1. The Morgan fingerprint density at radius 3 is 2.69 bits per heavy atom. The summed E-state index contributed by atoms with van der Waals surface area (Å²) in [4.78, 5) is 15.1. The molecule has 36 heavy (non-hydrogen) atoms. The predicted octanol–water partition coefficient (Wildman–Crippen LogP) is 3.11. The SMILES string of the molecule is COc1cc(C(=O)N2CCC3(CC2)Oc2ccccc2-n2c(C#N)ccc23)ccc1OC[C@H](O)CO.[HH].[HH]. The van der Waals surface area contributed by atoms with Crippen LogP contribution in [0.2, 0.25) is 0 Å². The molecule has 0 unspecified atom stereocenters. The van der Waals surface area contributed by atoms with Gasteiger partial charge in [-0.15, -0.1) is 0 Å². The van der Waals surface area contributed by atoms with E-state index in [4.69, 9.17) is 19.3 Å². The summed E-state index contributed by atoms with van der Waals surface area (Å²) in [5.74, 6) is 1.34. The number of methoxy groups -OCH3 is 1. The monoisotopic (exact) mass is 493 g/mol. The van der Waals surface area contributed by atoms with Gasteiger partial charge in [0, 0.05) is 34.3 Å². The number of nitriles is 1. The van der Waals surface area contributed by atoms with Crippen molar-refractivity contribution in [3.8, 4) is 29.0 Å². The van der Waals surface area contributed by atoms with Gasteiger partial charge in [-0.3, -0.25) is 9.36 Å². The van der Waals surface area contributed by atoms with E-state index in [1.54, 1.807) is 23.1 Å². The molecule has 2 aromatic carbocycles. The molecule has 0 radical (unpaired) electrons. The minimum Gasteiger partial charge on any atom is -0.493 e. The molecule has 1 spiro atoms. The molecule has 5 rings (SSSR count). The van der Waals surface area contributed by atoms with E-state index >= 15 is 0 Å². The van der Waals surface area contributed by atoms with Crippen molar-refractivity contribution >= 4 is 5.91 Å². The summed E-state index contributed by atoms with van der Waals surface area (Å²) in [7, 11) is 1.48. The Labute approximate surface area is 211 Å². The number of hydrogen-bond acceptors (Lipinski definition) is 7. The second kappa shape index (κ2) is 9.57. The molecule has 3 heterocycles. The van der Waals surface area contributed by atoms with Gasteiger partial charge in [0.25, 0.3) is 5.91 Å². The van der Waals surface area contributed by atoms with E-state index in [9.17, 15) is 15.2 Å². The molecule has 9 nitrogen and oxygen atoms in total. The highest BCUT2D eigenvalue weighted by atomic mass is 16.5. The lowest BCUT2D eigenvalue weighted by Gasteiger charge is -2.45. The zero-order chi connectivity index (χ0) is 25.3. The lowest BCUT2D eigenvalue weighted by atomic mass is 9.86. The number of aliphatic hydroxyl groups excluding tert-OH is 2. The first-order valence-electron chi connectivity index (χ1n) is 11.8. The zero-order valence-electron chi connectivity index (χ0n) is 19.9. The number of aromatic nitrogens is 1. The van der Waals surface area contributed by atoms with E-state index < -0.39 is 18.3 Å². The molecule has 1 atom stereocenters. The van der Waals surface area contributed by atoms with Crippen LogP contribution in [0.3, 0.4) is 0 Å². The Balaban J connectivity index is 0.00000200. The van der Waals surface area contributed by atoms with E-state index in [1.165, 1.54) is 7.11 Å². The molecule has 1 aromatic heterocycles. The zero-order valence-corrected chi connectivity index (χ0v) is 19.9. The van der Waals surface area contributed by atoms with Crippen LogP contribution in [0.25, 0.3) is 5.69 Å². The van der Waals surface area contributed by atoms with Crippen molar-refractivity contribution in [2.45, 2.75) is 24.5 Å². The Hall–Kier alpha value is -4.00. The Kier molecular flexibility index (Phi) is 6.31. The first-order valence-corrected chi connectivity index (χ1v) is 11.8. The van der Waals surface area contributed by atoms with Crippen molar-refractivity contribution in [3.05, 3.63) is 71.5 Å². The highest BCUT2D eigenvalue weighted by Crippen LogP contribution is 2.46. The summed E-state index contributed by atoms with van der Waals surface area (Å²) >= 11 is 0. The average molecular weight is 494 g/mol. The quantitative estimate of drug-likeness (QED) is 0.542. The molecule has 2 aliphatic heterocycles. The van der Waals surface area contributed by atoms with Gasteiger partial charge < -0.3 is 29.3 Å². The summed E-state index contributed by atoms with van der Waals surface area (Å²) in [6, 6.07) is 18.6. The normalized spacial score (nSPS) is 16.3. The molecule has 3 aromatic rings. The van der Waals surface area contributed by atoms with Crippen molar-refractivity contribution in [3.63, 3.8) is 0 Å². The van der Waals surface area contributed by atoms with Crippen molar-refractivity contribution in [1.82, 2.24) is 9.47 Å². The lowest BCUT2D eigenvalue weighted by molar-refractivity contribution is -0.00938. The molecule has 190 valence electrons. The molecular formula is C27H31N3O6. The van der Waals surface area contributed by atoms with Gasteiger partial charge in [-0.05, 0) is 42.5 Å². The third kappa shape index (κ3) is 4.04. The molecule has 0 saturated carbocycles. The number of nitrogens with zero attached hydrogens (tertiary/aromatic N) is 3. The molecule has 2 N–H and O–H groups in total. The maximum absolute atomic E-state index is 13.3. The van der Waals surface area contributed by atoms with Gasteiger partial charge >= 0.3 is 0 Å². The lowest BCUT2D eigenvalue weighted by Crippen LogP contribution is -2.50. The fraction of sp³-hybridized carbons (Fsp3) is 0.333. The summed E-state index contributed by atoms with van der Waals surface area (Å²) in [6.45, 7) is 0.467. The van der Waals surface area contributed by atoms with Crippen LogP contribution in [-0.4, -0.2) is 65.1 Å². The maximum atomic E-state index is 13.3. The van der Waals surface area contributed by atoms with E-state index in [-0.39, 0.29) is 15.4 Å². The number of aliphatic hydroxyl groups is 2. The van der Waals surface area contributed by atoms with Gasteiger partial charge in [0.2, 0.25) is 0 Å². The fourth-order valence-corrected chi connectivity index (χ4v) is 4.90. The largest absolute Gasteiger partial charge is 0.493 e. The van der Waals surface area contributed by atoms with Crippen LogP contribution in [0.1, 0.15) is 37.4 Å². The van der Waals surface area contributed by atoms with Crippen molar-refractivity contribution in [2.24, 2.45) is 0 Å². The standard InChI is InChI=1S/C27H27N3O6.2H2/c1-34-24-14-18(6-8-23(24)35-17-20(32)16-31)26(33)29-12-10-27(11-13-29)25-9-7-19(15-28)30(25)21-4-2-3-5-22(21)36-27;;/h2-9,14,20,31-32H,10-13,16-17H2,1H3;2*1H/t20-;;/m1../s1. The molecule has 1 saturated heterocycles. The van der Waals surface area contributed by atoms with Crippen LogP contribution in [-0.2, 0) is 5.60 Å². The van der Waals surface area contributed by atoms with Gasteiger partial charge in [-0.2, -0.15) is 5.26 Å². The number of para-hydroxylation sites is 2. The number of fused-ring (bicyclic) bond motifs is 4. The van der Waals surface area contributed by atoms with Gasteiger partial charge in [-0.1, -0.05) is 12.1 Å².